The Bertz CT molecular complexity index is 1080. The minimum Gasteiger partial charge on any atom is -0.366 e. The van der Waals surface area contributed by atoms with Gasteiger partial charge in [0, 0.05) is 18.3 Å². The van der Waals surface area contributed by atoms with Crippen LogP contribution in [-0.4, -0.2) is 37.7 Å². The molecule has 0 radical (unpaired) electrons. The van der Waals surface area contributed by atoms with Crippen LogP contribution < -0.4 is 16.0 Å². The molecule has 5 rings (SSSR count). The van der Waals surface area contributed by atoms with Crippen LogP contribution in [0.3, 0.4) is 0 Å². The number of fused-ring (bicyclic) bond motifs is 1. The van der Waals surface area contributed by atoms with Crippen LogP contribution in [0.1, 0.15) is 51.0 Å². The number of nitrogens with zero attached hydrogens (tertiary/aromatic N) is 4. The highest BCUT2D eigenvalue weighted by Gasteiger charge is 2.23. The number of thiophene rings is 1. The van der Waals surface area contributed by atoms with Crippen molar-refractivity contribution in [2.75, 3.05) is 10.6 Å². The molecule has 3 heterocycles. The van der Waals surface area contributed by atoms with Crippen LogP contribution >= 0.6 is 11.3 Å². The van der Waals surface area contributed by atoms with Crippen LogP contribution in [0.4, 0.5) is 17.5 Å². The van der Waals surface area contributed by atoms with Gasteiger partial charge in [-0.25, -0.2) is 4.98 Å². The predicted molar refractivity (Wildman–Crippen MR) is 124 cm³/mol. The monoisotopic (exact) mass is 437 g/mol. The molecule has 0 saturated heterocycles. The minimum absolute atomic E-state index is 0.0937. The fraction of sp³-hybridized carbons (Fsp3) is 0.455. The molecule has 2 aliphatic carbocycles. The van der Waals surface area contributed by atoms with Crippen LogP contribution in [0.5, 0.6) is 0 Å². The Morgan fingerprint density at radius 2 is 1.97 bits per heavy atom. The summed E-state index contributed by atoms with van der Waals surface area (Å²) >= 11 is 1.65. The molecule has 3 aromatic heterocycles. The molecule has 0 aromatic carbocycles. The van der Waals surface area contributed by atoms with Crippen molar-refractivity contribution in [2.24, 2.45) is 0 Å². The van der Waals surface area contributed by atoms with Crippen LogP contribution in [0, 0.1) is 0 Å². The van der Waals surface area contributed by atoms with Gasteiger partial charge in [-0.2, -0.15) is 10.1 Å². The molecule has 162 valence electrons. The van der Waals surface area contributed by atoms with Crippen LogP contribution in [-0.2, 0) is 4.79 Å². The van der Waals surface area contributed by atoms with E-state index >= 15 is 0 Å². The lowest BCUT2D eigenvalue weighted by atomic mass is 9.91. The summed E-state index contributed by atoms with van der Waals surface area (Å²) in [7, 11) is 0. The Kier molecular flexibility index (Phi) is 5.59. The van der Waals surface area contributed by atoms with Crippen molar-refractivity contribution in [3.05, 3.63) is 36.5 Å². The first kappa shape index (κ1) is 20.0. The Labute approximate surface area is 185 Å². The van der Waals surface area contributed by atoms with E-state index in [9.17, 15) is 4.79 Å². The average molecular weight is 438 g/mol. The van der Waals surface area contributed by atoms with Crippen molar-refractivity contribution in [2.45, 2.75) is 63.1 Å². The van der Waals surface area contributed by atoms with Crippen LogP contribution in [0.25, 0.3) is 10.2 Å². The van der Waals surface area contributed by atoms with E-state index < -0.39 is 0 Å². The zero-order valence-corrected chi connectivity index (χ0v) is 18.2. The van der Waals surface area contributed by atoms with Crippen molar-refractivity contribution in [1.29, 1.82) is 0 Å². The Hall–Kier alpha value is -2.94. The summed E-state index contributed by atoms with van der Waals surface area (Å²) < 4.78 is 3.11. The zero-order chi connectivity index (χ0) is 21.2. The smallest absolute Gasteiger partial charge is 0.243 e. The summed E-state index contributed by atoms with van der Waals surface area (Å²) in [6.45, 7) is 3.53. The second-order valence-corrected chi connectivity index (χ2v) is 9.27. The van der Waals surface area contributed by atoms with Crippen molar-refractivity contribution < 1.29 is 4.79 Å². The molecule has 0 unspecified atom stereocenters. The predicted octanol–water partition coefficient (Wildman–Crippen LogP) is 4.38. The quantitative estimate of drug-likeness (QED) is 0.475. The number of hydrogen-bond acceptors (Lipinski definition) is 7. The van der Waals surface area contributed by atoms with Gasteiger partial charge in [0.15, 0.2) is 0 Å². The Morgan fingerprint density at radius 3 is 2.71 bits per heavy atom. The molecule has 0 spiro atoms. The van der Waals surface area contributed by atoms with Gasteiger partial charge in [-0.05, 0) is 62.5 Å². The number of carbonyl (C=O) groups excluding carboxylic acids is 1. The molecule has 8 nitrogen and oxygen atoms in total. The van der Waals surface area contributed by atoms with Gasteiger partial charge in [0.05, 0.1) is 28.1 Å². The number of amides is 1. The number of anilines is 3. The second kappa shape index (κ2) is 8.66. The molecule has 2 fully saturated rings. The molecule has 3 aromatic rings. The maximum atomic E-state index is 11.5. The van der Waals surface area contributed by atoms with Crippen molar-refractivity contribution in [1.82, 2.24) is 25.1 Å². The number of nitrogens with one attached hydrogen (secondary N) is 3. The van der Waals surface area contributed by atoms with E-state index in [1.54, 1.807) is 11.3 Å². The van der Waals surface area contributed by atoms with Crippen molar-refractivity contribution in [3.63, 3.8) is 0 Å². The Morgan fingerprint density at radius 1 is 1.16 bits per heavy atom. The molecule has 0 atom stereocenters. The molecular formula is C22H27N7OS. The van der Waals surface area contributed by atoms with Gasteiger partial charge < -0.3 is 16.0 Å². The molecule has 3 N–H and O–H groups in total. The summed E-state index contributed by atoms with van der Waals surface area (Å²) in [5.41, 5.74) is 1.84. The molecule has 2 saturated carbocycles. The van der Waals surface area contributed by atoms with Crippen LogP contribution in [0.2, 0.25) is 0 Å². The van der Waals surface area contributed by atoms with Gasteiger partial charge in [-0.1, -0.05) is 6.58 Å². The van der Waals surface area contributed by atoms with Gasteiger partial charge in [-0.3, -0.25) is 9.48 Å². The largest absolute Gasteiger partial charge is 0.366 e. The first-order chi connectivity index (χ1) is 15.2. The van der Waals surface area contributed by atoms with Crippen molar-refractivity contribution in [3.8, 4) is 0 Å². The van der Waals surface area contributed by atoms with Gasteiger partial charge >= 0.3 is 0 Å². The lowest BCUT2D eigenvalue weighted by molar-refractivity contribution is -0.117. The summed E-state index contributed by atoms with van der Waals surface area (Å²) in [6, 6.07) is 3.10. The zero-order valence-electron chi connectivity index (χ0n) is 17.4. The standard InChI is InChI=1S/C22H27N7OS/c1-2-19(30)24-14-6-8-15(9-7-14)25-21-20-18(10-11-31-20)27-22(28-21)26-16-12-23-29(13-16)17-4-3-5-17/h2,10-15,17H,1,3-9H2,(H,24,30)(H2,25,26,27,28)/t14-,15+. The maximum Gasteiger partial charge on any atom is 0.243 e. The topological polar surface area (TPSA) is 96.8 Å². The highest BCUT2D eigenvalue weighted by atomic mass is 32.1. The van der Waals surface area contributed by atoms with E-state index in [4.69, 9.17) is 4.98 Å². The summed E-state index contributed by atoms with van der Waals surface area (Å²) in [5.74, 6) is 1.35. The number of carbonyl (C=O) groups is 1. The third kappa shape index (κ3) is 4.41. The fourth-order valence-corrected chi connectivity index (χ4v) is 5.02. The van der Waals surface area contributed by atoms with Crippen molar-refractivity contribution >= 4 is 44.9 Å². The van der Waals surface area contributed by atoms with E-state index in [0.717, 1.165) is 47.4 Å². The van der Waals surface area contributed by atoms with E-state index in [-0.39, 0.29) is 11.9 Å². The first-order valence-corrected chi connectivity index (χ1v) is 11.8. The molecule has 0 aliphatic heterocycles. The van der Waals surface area contributed by atoms with Gasteiger partial charge in [0.25, 0.3) is 0 Å². The summed E-state index contributed by atoms with van der Waals surface area (Å²) in [5, 5.41) is 16.5. The SMILES string of the molecule is C=CC(=O)N[C@H]1CC[C@@H](Nc2nc(Nc3cnn(C4CCC4)c3)nc3ccsc23)CC1. The van der Waals surface area contributed by atoms with Gasteiger partial charge in [0.2, 0.25) is 11.9 Å². The molecule has 2 aliphatic rings. The molecule has 31 heavy (non-hydrogen) atoms. The lowest BCUT2D eigenvalue weighted by Crippen LogP contribution is -2.39. The second-order valence-electron chi connectivity index (χ2n) is 8.36. The third-order valence-corrected chi connectivity index (χ3v) is 7.12. The molecule has 1 amide bonds. The normalized spacial score (nSPS) is 21.4. The van der Waals surface area contributed by atoms with E-state index in [0.29, 0.717) is 18.0 Å². The number of hydrogen-bond donors (Lipinski definition) is 3. The Balaban J connectivity index is 1.28. The summed E-state index contributed by atoms with van der Waals surface area (Å²) in [6.07, 6.45) is 12.8. The highest BCUT2D eigenvalue weighted by molar-refractivity contribution is 7.17. The van der Waals surface area contributed by atoms with E-state index in [2.05, 4.69) is 32.6 Å². The van der Waals surface area contributed by atoms with Crippen LogP contribution in [0.15, 0.2) is 36.5 Å². The molecular weight excluding hydrogens is 410 g/mol. The summed E-state index contributed by atoms with van der Waals surface area (Å²) in [4.78, 5) is 21.0. The van der Waals surface area contributed by atoms with Gasteiger partial charge in [0.1, 0.15) is 5.82 Å². The number of rotatable bonds is 7. The maximum absolute atomic E-state index is 11.5. The van der Waals surface area contributed by atoms with E-state index in [1.165, 1.54) is 25.3 Å². The third-order valence-electron chi connectivity index (χ3n) is 6.21. The lowest BCUT2D eigenvalue weighted by Gasteiger charge is -2.29. The number of aromatic nitrogens is 4. The molecule has 9 heteroatoms. The average Bonchev–Trinajstić information content (AvgIpc) is 3.38. The minimum atomic E-state index is -0.0937. The first-order valence-electron chi connectivity index (χ1n) is 10.9. The molecule has 0 bridgehead atoms. The highest BCUT2D eigenvalue weighted by Crippen LogP contribution is 2.33. The van der Waals surface area contributed by atoms with Gasteiger partial charge in [-0.15, -0.1) is 11.3 Å². The fourth-order valence-electron chi connectivity index (χ4n) is 4.24. The van der Waals surface area contributed by atoms with E-state index in [1.807, 2.05) is 28.5 Å².